The summed E-state index contributed by atoms with van der Waals surface area (Å²) < 4.78 is 10.4. The number of methoxy groups -OCH3 is 2. The van der Waals surface area contributed by atoms with Gasteiger partial charge in [0.05, 0.1) is 7.11 Å². The molecular weight excluding hydrogens is 354 g/mol. The number of carbonyl (C=O) groups excluding carboxylic acids is 1. The van der Waals surface area contributed by atoms with Crippen LogP contribution >= 0.6 is 0 Å². The zero-order valence-corrected chi connectivity index (χ0v) is 17.4. The molecular formula is C22H35N3O3. The first-order valence-corrected chi connectivity index (χ1v) is 10.6. The third-order valence-corrected chi connectivity index (χ3v) is 6.09. The number of amides is 2. The fourth-order valence-corrected chi connectivity index (χ4v) is 4.63. The summed E-state index contributed by atoms with van der Waals surface area (Å²) >= 11 is 0. The number of piperidine rings is 2. The molecule has 3 rings (SSSR count). The van der Waals surface area contributed by atoms with Crippen molar-refractivity contribution in [2.45, 2.75) is 44.6 Å². The van der Waals surface area contributed by atoms with Crippen LogP contribution in [0.15, 0.2) is 24.3 Å². The summed E-state index contributed by atoms with van der Waals surface area (Å²) in [5, 5.41) is 3.06. The summed E-state index contributed by atoms with van der Waals surface area (Å²) in [4.78, 5) is 17.7. The molecule has 156 valence electrons. The molecule has 6 nitrogen and oxygen atoms in total. The van der Waals surface area contributed by atoms with Gasteiger partial charge in [0.2, 0.25) is 0 Å². The van der Waals surface area contributed by atoms with Crippen molar-refractivity contribution in [2.24, 2.45) is 5.92 Å². The summed E-state index contributed by atoms with van der Waals surface area (Å²) in [6.45, 7) is 4.67. The number of urea groups is 1. The van der Waals surface area contributed by atoms with Gasteiger partial charge in [0.1, 0.15) is 5.75 Å². The van der Waals surface area contributed by atoms with E-state index in [9.17, 15) is 4.79 Å². The maximum absolute atomic E-state index is 13.0. The van der Waals surface area contributed by atoms with Gasteiger partial charge in [-0.05, 0) is 75.4 Å². The number of anilines is 1. The third kappa shape index (κ3) is 5.61. The number of fused-ring (bicyclic) bond motifs is 1. The Hall–Kier alpha value is -1.79. The smallest absolute Gasteiger partial charge is 0.321 e. The van der Waals surface area contributed by atoms with E-state index < -0.39 is 0 Å². The second kappa shape index (κ2) is 10.7. The predicted octanol–water partition coefficient (Wildman–Crippen LogP) is 3.83. The van der Waals surface area contributed by atoms with Gasteiger partial charge in [-0.15, -0.1) is 0 Å². The molecule has 6 heteroatoms. The third-order valence-electron chi connectivity index (χ3n) is 6.09. The van der Waals surface area contributed by atoms with Crippen molar-refractivity contribution in [1.29, 1.82) is 0 Å². The van der Waals surface area contributed by atoms with Gasteiger partial charge in [-0.25, -0.2) is 4.79 Å². The molecule has 2 fully saturated rings. The molecule has 0 aromatic heterocycles. The summed E-state index contributed by atoms with van der Waals surface area (Å²) in [6.07, 6.45) is 7.23. The fourth-order valence-electron chi connectivity index (χ4n) is 4.63. The SMILES string of the molecule is COCCCN(C[C@@H]1CCCN2CCCC[C@H]12)C(=O)Nc1ccc(OC)cc1. The number of ether oxygens (including phenoxy) is 2. The van der Waals surface area contributed by atoms with E-state index in [4.69, 9.17) is 9.47 Å². The topological polar surface area (TPSA) is 54.0 Å². The highest BCUT2D eigenvalue weighted by Gasteiger charge is 2.34. The molecule has 28 heavy (non-hydrogen) atoms. The second-order valence-electron chi connectivity index (χ2n) is 7.95. The Labute approximate surface area is 169 Å². The molecule has 1 aromatic carbocycles. The lowest BCUT2D eigenvalue weighted by Gasteiger charge is -2.45. The van der Waals surface area contributed by atoms with Crippen LogP contribution in [0.2, 0.25) is 0 Å². The standard InChI is InChI=1S/C22H35N3O3/c1-27-16-6-15-25(22(26)23-19-9-11-20(28-2)12-10-19)17-18-7-5-14-24-13-4-3-8-21(18)24/h9-12,18,21H,3-8,13-17H2,1-2H3,(H,23,26)/t18-,21+/m0/s1. The minimum atomic E-state index is -0.0193. The van der Waals surface area contributed by atoms with Crippen LogP contribution < -0.4 is 10.1 Å². The van der Waals surface area contributed by atoms with Crippen LogP contribution in [0.4, 0.5) is 10.5 Å². The van der Waals surface area contributed by atoms with Gasteiger partial charge < -0.3 is 24.6 Å². The van der Waals surface area contributed by atoms with E-state index in [-0.39, 0.29) is 6.03 Å². The molecule has 2 aliphatic heterocycles. The number of hydrogen-bond acceptors (Lipinski definition) is 4. The highest BCUT2D eigenvalue weighted by molar-refractivity contribution is 5.89. The Balaban J connectivity index is 1.63. The van der Waals surface area contributed by atoms with Crippen LogP contribution in [0.1, 0.15) is 38.5 Å². The molecule has 0 bridgehead atoms. The quantitative estimate of drug-likeness (QED) is 0.687. The molecule has 1 N–H and O–H groups in total. The molecule has 2 amide bonds. The second-order valence-corrected chi connectivity index (χ2v) is 7.95. The number of nitrogens with zero attached hydrogens (tertiary/aromatic N) is 2. The molecule has 0 unspecified atom stereocenters. The number of nitrogens with one attached hydrogen (secondary N) is 1. The van der Waals surface area contributed by atoms with E-state index >= 15 is 0 Å². The zero-order chi connectivity index (χ0) is 19.8. The fraction of sp³-hybridized carbons (Fsp3) is 0.682. The summed E-state index contributed by atoms with van der Waals surface area (Å²) in [6, 6.07) is 8.12. The van der Waals surface area contributed by atoms with Crippen LogP contribution in [0.3, 0.4) is 0 Å². The van der Waals surface area contributed by atoms with Crippen molar-refractivity contribution in [3.05, 3.63) is 24.3 Å². The molecule has 0 radical (unpaired) electrons. The molecule has 0 spiro atoms. The van der Waals surface area contributed by atoms with Crippen molar-refractivity contribution in [3.63, 3.8) is 0 Å². The van der Waals surface area contributed by atoms with Crippen LogP contribution in [0.5, 0.6) is 5.75 Å². The van der Waals surface area contributed by atoms with Gasteiger partial charge in [0.25, 0.3) is 0 Å². The number of rotatable bonds is 8. The van der Waals surface area contributed by atoms with Crippen molar-refractivity contribution in [2.75, 3.05) is 52.3 Å². The Bertz CT molecular complexity index is 606. The molecule has 0 saturated carbocycles. The lowest BCUT2D eigenvalue weighted by atomic mass is 9.83. The normalized spacial score (nSPS) is 22.4. The molecule has 1 aromatic rings. The highest BCUT2D eigenvalue weighted by atomic mass is 16.5. The van der Waals surface area contributed by atoms with Gasteiger partial charge in [-0.2, -0.15) is 0 Å². The molecule has 2 heterocycles. The molecule has 2 atom stereocenters. The zero-order valence-electron chi connectivity index (χ0n) is 17.4. The largest absolute Gasteiger partial charge is 0.497 e. The van der Waals surface area contributed by atoms with Gasteiger partial charge in [0, 0.05) is 38.5 Å². The lowest BCUT2D eigenvalue weighted by Crippen LogP contribution is -2.52. The minimum Gasteiger partial charge on any atom is -0.497 e. The van der Waals surface area contributed by atoms with E-state index in [2.05, 4.69) is 10.2 Å². The van der Waals surface area contributed by atoms with Gasteiger partial charge in [-0.3, -0.25) is 0 Å². The van der Waals surface area contributed by atoms with Crippen LogP contribution in [-0.2, 0) is 4.74 Å². The molecule has 0 aliphatic carbocycles. The first-order valence-electron chi connectivity index (χ1n) is 10.6. The average molecular weight is 390 g/mol. The Kier molecular flexibility index (Phi) is 7.98. The van der Waals surface area contributed by atoms with Gasteiger partial charge >= 0.3 is 6.03 Å². The monoisotopic (exact) mass is 389 g/mol. The molecule has 2 saturated heterocycles. The Morgan fingerprint density at radius 2 is 1.93 bits per heavy atom. The van der Waals surface area contributed by atoms with Crippen molar-refractivity contribution < 1.29 is 14.3 Å². The first kappa shape index (κ1) is 20.9. The summed E-state index contributed by atoms with van der Waals surface area (Å²) in [5.41, 5.74) is 0.797. The van der Waals surface area contributed by atoms with Crippen molar-refractivity contribution in [3.8, 4) is 5.75 Å². The van der Waals surface area contributed by atoms with Gasteiger partial charge in [-0.1, -0.05) is 6.42 Å². The lowest BCUT2D eigenvalue weighted by molar-refractivity contribution is 0.0456. The average Bonchev–Trinajstić information content (AvgIpc) is 2.74. The van der Waals surface area contributed by atoms with Crippen molar-refractivity contribution >= 4 is 11.7 Å². The summed E-state index contributed by atoms with van der Waals surface area (Å²) in [5.74, 6) is 1.35. The van der Waals surface area contributed by atoms with E-state index in [0.29, 0.717) is 18.6 Å². The minimum absolute atomic E-state index is 0.0193. The van der Waals surface area contributed by atoms with Crippen molar-refractivity contribution in [1.82, 2.24) is 9.80 Å². The van der Waals surface area contributed by atoms with E-state index in [0.717, 1.165) is 30.9 Å². The van der Waals surface area contributed by atoms with E-state index in [1.165, 1.54) is 45.2 Å². The van der Waals surface area contributed by atoms with Gasteiger partial charge in [0.15, 0.2) is 0 Å². The molecule has 2 aliphatic rings. The Morgan fingerprint density at radius 3 is 2.68 bits per heavy atom. The maximum atomic E-state index is 13.0. The van der Waals surface area contributed by atoms with E-state index in [1.54, 1.807) is 14.2 Å². The predicted molar refractivity (Wildman–Crippen MR) is 112 cm³/mol. The Morgan fingerprint density at radius 1 is 1.14 bits per heavy atom. The maximum Gasteiger partial charge on any atom is 0.321 e. The van der Waals surface area contributed by atoms with Crippen LogP contribution in [0.25, 0.3) is 0 Å². The van der Waals surface area contributed by atoms with Crippen LogP contribution in [0, 0.1) is 5.92 Å². The van der Waals surface area contributed by atoms with Crippen LogP contribution in [-0.4, -0.2) is 68.9 Å². The van der Waals surface area contributed by atoms with E-state index in [1.807, 2.05) is 29.2 Å². The number of hydrogen-bond donors (Lipinski definition) is 1. The first-order chi connectivity index (χ1) is 13.7. The highest BCUT2D eigenvalue weighted by Crippen LogP contribution is 2.31. The number of benzene rings is 1. The summed E-state index contributed by atoms with van der Waals surface area (Å²) in [7, 11) is 3.35. The number of carbonyl (C=O) groups is 1.